The Kier molecular flexibility index (Phi) is 4.90. The normalized spacial score (nSPS) is 24.4. The van der Waals surface area contributed by atoms with Crippen LogP contribution in [0.5, 0.6) is 0 Å². The first-order valence-electron chi connectivity index (χ1n) is 8.90. The van der Waals surface area contributed by atoms with Gasteiger partial charge in [0.25, 0.3) is 5.91 Å². The number of aryl methyl sites for hydroxylation is 2. The molecule has 23 heavy (non-hydrogen) atoms. The van der Waals surface area contributed by atoms with Gasteiger partial charge in [0, 0.05) is 37.4 Å². The number of hydrogen-bond acceptors (Lipinski definition) is 3. The third kappa shape index (κ3) is 3.86. The topological polar surface area (TPSA) is 58.4 Å². The fourth-order valence-corrected chi connectivity index (χ4v) is 4.36. The average molecular weight is 315 g/mol. The molecule has 3 fully saturated rings. The van der Waals surface area contributed by atoms with Gasteiger partial charge in [-0.25, -0.2) is 0 Å². The van der Waals surface area contributed by atoms with Crippen LogP contribution >= 0.6 is 0 Å². The quantitative estimate of drug-likeness (QED) is 0.840. The Morgan fingerprint density at radius 2 is 1.65 bits per heavy atom. The molecule has 4 heteroatoms. The maximum atomic E-state index is 12.5. The van der Waals surface area contributed by atoms with Gasteiger partial charge in [0.15, 0.2) is 0 Å². The van der Waals surface area contributed by atoms with Gasteiger partial charge in [0.2, 0.25) is 0 Å². The molecular formula is C19H29N3O. The lowest BCUT2D eigenvalue weighted by atomic mass is 9.84. The van der Waals surface area contributed by atoms with Crippen molar-refractivity contribution in [2.45, 2.75) is 39.5 Å². The summed E-state index contributed by atoms with van der Waals surface area (Å²) >= 11 is 0. The average Bonchev–Trinajstić information content (AvgIpc) is 2.78. The summed E-state index contributed by atoms with van der Waals surface area (Å²) in [5.41, 5.74) is 9.23. The molecule has 1 aromatic carbocycles. The van der Waals surface area contributed by atoms with E-state index in [0.29, 0.717) is 0 Å². The molecule has 1 saturated carbocycles. The summed E-state index contributed by atoms with van der Waals surface area (Å²) in [6, 6.07) is 3.74. The minimum atomic E-state index is 0.0257. The minimum Gasteiger partial charge on any atom is -0.399 e. The predicted octanol–water partition coefficient (Wildman–Crippen LogP) is 2.74. The molecule has 1 aliphatic carbocycles. The third-order valence-electron chi connectivity index (χ3n) is 5.49. The number of carbonyl (C=O) groups is 1. The van der Waals surface area contributed by atoms with Gasteiger partial charge >= 0.3 is 0 Å². The molecule has 0 spiro atoms. The van der Waals surface area contributed by atoms with Crippen LogP contribution in [0.1, 0.15) is 47.2 Å². The second kappa shape index (κ2) is 6.91. The molecule has 0 aromatic heterocycles. The van der Waals surface area contributed by atoms with E-state index >= 15 is 0 Å². The Labute approximate surface area is 139 Å². The second-order valence-electron chi connectivity index (χ2n) is 7.43. The van der Waals surface area contributed by atoms with Gasteiger partial charge in [0.05, 0.1) is 0 Å². The first-order chi connectivity index (χ1) is 11.0. The number of anilines is 1. The Balaban J connectivity index is 1.54. The van der Waals surface area contributed by atoms with E-state index in [1.165, 1.54) is 38.8 Å². The van der Waals surface area contributed by atoms with Crippen molar-refractivity contribution in [1.29, 1.82) is 0 Å². The van der Waals surface area contributed by atoms with Gasteiger partial charge in [-0.3, -0.25) is 4.79 Å². The van der Waals surface area contributed by atoms with Crippen molar-refractivity contribution in [2.75, 3.05) is 31.9 Å². The standard InChI is InChI=1S/C19H29N3O/c1-13-9-17(20)10-14(2)18(13)19(23)21-7-8-22-11-15-3-4-16(12-22)6-5-15/h9-10,15-16H,3-8,11-12,20H2,1-2H3,(H,21,23). The molecule has 2 heterocycles. The molecule has 4 nitrogen and oxygen atoms in total. The summed E-state index contributed by atoms with van der Waals surface area (Å²) in [4.78, 5) is 15.0. The molecule has 0 unspecified atom stereocenters. The summed E-state index contributed by atoms with van der Waals surface area (Å²) in [5.74, 6) is 1.79. The van der Waals surface area contributed by atoms with E-state index in [1.807, 2.05) is 26.0 Å². The number of nitrogens with two attached hydrogens (primary N) is 1. The SMILES string of the molecule is Cc1cc(N)cc(C)c1C(=O)NCCN1CC2CCC(CC2)C1. The lowest BCUT2D eigenvalue weighted by Gasteiger charge is -2.22. The maximum absolute atomic E-state index is 12.5. The van der Waals surface area contributed by atoms with Crippen LogP contribution in [0.25, 0.3) is 0 Å². The van der Waals surface area contributed by atoms with Crippen molar-refractivity contribution in [3.05, 3.63) is 28.8 Å². The summed E-state index contributed by atoms with van der Waals surface area (Å²) in [6.07, 6.45) is 5.60. The van der Waals surface area contributed by atoms with Crippen molar-refractivity contribution >= 4 is 11.6 Å². The third-order valence-corrected chi connectivity index (χ3v) is 5.49. The molecule has 3 N–H and O–H groups in total. The molecule has 2 aliphatic heterocycles. The molecule has 2 saturated heterocycles. The molecule has 2 bridgehead atoms. The van der Waals surface area contributed by atoms with Gasteiger partial charge in [-0.15, -0.1) is 0 Å². The highest BCUT2D eigenvalue weighted by Gasteiger charge is 2.28. The summed E-state index contributed by atoms with van der Waals surface area (Å²) < 4.78 is 0. The number of nitrogens with one attached hydrogen (secondary N) is 1. The van der Waals surface area contributed by atoms with E-state index in [4.69, 9.17) is 5.73 Å². The number of rotatable bonds is 4. The van der Waals surface area contributed by atoms with E-state index in [9.17, 15) is 4.79 Å². The van der Waals surface area contributed by atoms with Crippen LogP contribution in [0.2, 0.25) is 0 Å². The van der Waals surface area contributed by atoms with Crippen molar-refractivity contribution in [1.82, 2.24) is 10.2 Å². The number of benzene rings is 1. The number of fused-ring (bicyclic) bond motifs is 4. The molecular weight excluding hydrogens is 286 g/mol. The van der Waals surface area contributed by atoms with Gasteiger partial charge in [-0.2, -0.15) is 0 Å². The predicted molar refractivity (Wildman–Crippen MR) is 94.5 cm³/mol. The van der Waals surface area contributed by atoms with Crippen LogP contribution in [0, 0.1) is 25.7 Å². The molecule has 1 amide bonds. The van der Waals surface area contributed by atoms with Crippen LogP contribution in [0.15, 0.2) is 12.1 Å². The van der Waals surface area contributed by atoms with Crippen molar-refractivity contribution in [2.24, 2.45) is 11.8 Å². The Morgan fingerprint density at radius 1 is 1.13 bits per heavy atom. The van der Waals surface area contributed by atoms with Crippen molar-refractivity contribution in [3.63, 3.8) is 0 Å². The highest BCUT2D eigenvalue weighted by molar-refractivity contribution is 5.97. The van der Waals surface area contributed by atoms with E-state index in [1.54, 1.807) is 0 Å². The lowest BCUT2D eigenvalue weighted by Crippen LogP contribution is -2.37. The summed E-state index contributed by atoms with van der Waals surface area (Å²) in [6.45, 7) is 8.02. The monoisotopic (exact) mass is 315 g/mol. The van der Waals surface area contributed by atoms with Crippen LogP contribution in [0.3, 0.4) is 0 Å². The largest absolute Gasteiger partial charge is 0.399 e. The summed E-state index contributed by atoms with van der Waals surface area (Å²) in [5, 5.41) is 3.10. The zero-order valence-corrected chi connectivity index (χ0v) is 14.4. The fraction of sp³-hybridized carbons (Fsp3) is 0.632. The number of amides is 1. The van der Waals surface area contributed by atoms with Crippen molar-refractivity contribution in [3.8, 4) is 0 Å². The van der Waals surface area contributed by atoms with Crippen LogP contribution in [-0.2, 0) is 0 Å². The zero-order chi connectivity index (χ0) is 16.4. The Bertz CT molecular complexity index is 539. The lowest BCUT2D eigenvalue weighted by molar-refractivity contribution is 0.0946. The fourth-order valence-electron chi connectivity index (χ4n) is 4.36. The minimum absolute atomic E-state index is 0.0257. The highest BCUT2D eigenvalue weighted by atomic mass is 16.1. The van der Waals surface area contributed by atoms with Crippen LogP contribution in [-0.4, -0.2) is 37.0 Å². The van der Waals surface area contributed by atoms with Gasteiger partial charge in [-0.05, 0) is 74.6 Å². The van der Waals surface area contributed by atoms with Gasteiger partial charge < -0.3 is 16.0 Å². The first kappa shape index (κ1) is 16.3. The van der Waals surface area contributed by atoms with Gasteiger partial charge in [0.1, 0.15) is 0 Å². The highest BCUT2D eigenvalue weighted by Crippen LogP contribution is 2.33. The maximum Gasteiger partial charge on any atom is 0.251 e. The number of nitrogen functional groups attached to an aromatic ring is 1. The zero-order valence-electron chi connectivity index (χ0n) is 14.4. The first-order valence-corrected chi connectivity index (χ1v) is 8.90. The molecule has 4 rings (SSSR count). The molecule has 126 valence electrons. The number of carbonyl (C=O) groups excluding carboxylic acids is 1. The Morgan fingerprint density at radius 3 is 2.17 bits per heavy atom. The van der Waals surface area contributed by atoms with E-state index in [-0.39, 0.29) is 5.91 Å². The van der Waals surface area contributed by atoms with E-state index in [2.05, 4.69) is 10.2 Å². The van der Waals surface area contributed by atoms with Crippen LogP contribution < -0.4 is 11.1 Å². The van der Waals surface area contributed by atoms with Crippen LogP contribution in [0.4, 0.5) is 5.69 Å². The number of nitrogens with zero attached hydrogens (tertiary/aromatic N) is 1. The molecule has 0 radical (unpaired) electrons. The van der Waals surface area contributed by atoms with E-state index < -0.39 is 0 Å². The Hall–Kier alpha value is -1.55. The molecule has 0 atom stereocenters. The second-order valence-corrected chi connectivity index (χ2v) is 7.43. The van der Waals surface area contributed by atoms with Gasteiger partial charge in [-0.1, -0.05) is 0 Å². The molecule has 1 aromatic rings. The molecule has 3 aliphatic rings. The number of hydrogen-bond donors (Lipinski definition) is 2. The smallest absolute Gasteiger partial charge is 0.251 e. The summed E-state index contributed by atoms with van der Waals surface area (Å²) in [7, 11) is 0. The van der Waals surface area contributed by atoms with E-state index in [0.717, 1.165) is 47.3 Å². The van der Waals surface area contributed by atoms with Crippen molar-refractivity contribution < 1.29 is 4.79 Å².